The number of hydrogen-bond donors (Lipinski definition) is 2. The van der Waals surface area contributed by atoms with Crippen molar-refractivity contribution in [3.05, 3.63) is 11.6 Å². The van der Waals surface area contributed by atoms with Crippen LogP contribution in [0.25, 0.3) is 0 Å². The van der Waals surface area contributed by atoms with Crippen molar-refractivity contribution in [2.24, 2.45) is 17.3 Å². The Morgan fingerprint density at radius 1 is 1.21 bits per heavy atom. The van der Waals surface area contributed by atoms with Crippen LogP contribution < -0.4 is 10.7 Å². The summed E-state index contributed by atoms with van der Waals surface area (Å²) in [5.41, 5.74) is 2.79. The molecular weight excluding hydrogens is 306 g/mol. The summed E-state index contributed by atoms with van der Waals surface area (Å²) in [4.78, 5) is 37.5. The fourth-order valence-electron chi connectivity index (χ4n) is 4.24. The number of hydrazine groups is 1. The van der Waals surface area contributed by atoms with Crippen LogP contribution in [-0.4, -0.2) is 28.4 Å². The van der Waals surface area contributed by atoms with Crippen molar-refractivity contribution < 1.29 is 14.4 Å². The van der Waals surface area contributed by atoms with Gasteiger partial charge in [-0.3, -0.25) is 15.0 Å². The molecule has 1 heterocycles. The highest BCUT2D eigenvalue weighted by atomic mass is 16.2. The Bertz CT molecular complexity index is 613. The Hall–Kier alpha value is -1.85. The van der Waals surface area contributed by atoms with Gasteiger partial charge in [0.1, 0.15) is 5.54 Å². The highest BCUT2D eigenvalue weighted by molar-refractivity contribution is 6.08. The van der Waals surface area contributed by atoms with Crippen LogP contribution in [0.5, 0.6) is 0 Å². The predicted molar refractivity (Wildman–Crippen MR) is 89.5 cm³/mol. The Balaban J connectivity index is 1.70. The van der Waals surface area contributed by atoms with Gasteiger partial charge in [0.25, 0.3) is 5.91 Å². The number of hydrogen-bond acceptors (Lipinski definition) is 3. The first-order chi connectivity index (χ1) is 11.2. The maximum absolute atomic E-state index is 12.7. The fraction of sp³-hybridized carbons (Fsp3) is 0.722. The third kappa shape index (κ3) is 2.62. The van der Waals surface area contributed by atoms with Crippen LogP contribution in [0.1, 0.15) is 59.8 Å². The summed E-state index contributed by atoms with van der Waals surface area (Å²) in [6, 6.07) is -0.507. The molecule has 3 fully saturated rings. The van der Waals surface area contributed by atoms with Crippen molar-refractivity contribution in [2.75, 3.05) is 0 Å². The monoisotopic (exact) mass is 333 g/mol. The van der Waals surface area contributed by atoms with Gasteiger partial charge < -0.3 is 5.32 Å². The van der Waals surface area contributed by atoms with E-state index in [0.717, 1.165) is 24.3 Å². The highest BCUT2D eigenvalue weighted by Gasteiger charge is 2.61. The van der Waals surface area contributed by atoms with Crippen LogP contribution in [-0.2, 0) is 9.59 Å². The highest BCUT2D eigenvalue weighted by Crippen LogP contribution is 2.59. The molecule has 0 radical (unpaired) electrons. The maximum Gasteiger partial charge on any atom is 0.344 e. The first kappa shape index (κ1) is 17.0. The minimum atomic E-state index is -0.805. The molecule has 2 atom stereocenters. The Labute approximate surface area is 143 Å². The van der Waals surface area contributed by atoms with Crippen molar-refractivity contribution in [2.45, 2.75) is 65.3 Å². The Morgan fingerprint density at radius 2 is 1.83 bits per heavy atom. The summed E-state index contributed by atoms with van der Waals surface area (Å²) in [6.45, 7) is 8.09. The number of carbonyl (C=O) groups is 3. The first-order valence-corrected chi connectivity index (χ1v) is 8.81. The van der Waals surface area contributed by atoms with Gasteiger partial charge in [-0.15, -0.1) is 0 Å². The van der Waals surface area contributed by atoms with Crippen LogP contribution >= 0.6 is 0 Å². The van der Waals surface area contributed by atoms with Crippen LogP contribution in [0.3, 0.4) is 0 Å². The molecule has 0 bridgehead atoms. The lowest BCUT2D eigenvalue weighted by Gasteiger charge is -2.30. The third-order valence-electron chi connectivity index (χ3n) is 5.80. The molecule has 1 aliphatic heterocycles. The number of imide groups is 1. The average molecular weight is 333 g/mol. The van der Waals surface area contributed by atoms with E-state index in [0.29, 0.717) is 12.8 Å². The molecule has 2 aliphatic carbocycles. The molecule has 6 heteroatoms. The van der Waals surface area contributed by atoms with Crippen LogP contribution in [0.4, 0.5) is 4.79 Å². The van der Waals surface area contributed by atoms with E-state index in [1.54, 1.807) is 0 Å². The van der Waals surface area contributed by atoms with E-state index in [2.05, 4.69) is 16.8 Å². The Kier molecular flexibility index (Phi) is 3.97. The third-order valence-corrected chi connectivity index (χ3v) is 5.80. The summed E-state index contributed by atoms with van der Waals surface area (Å²) >= 11 is 0. The van der Waals surface area contributed by atoms with Crippen molar-refractivity contribution in [1.29, 1.82) is 0 Å². The fourth-order valence-corrected chi connectivity index (χ4v) is 4.24. The lowest BCUT2D eigenvalue weighted by atomic mass is 9.82. The van der Waals surface area contributed by atoms with E-state index < -0.39 is 11.6 Å². The minimum Gasteiger partial charge on any atom is -0.322 e. The van der Waals surface area contributed by atoms with Gasteiger partial charge in [0.05, 0.1) is 5.92 Å². The zero-order chi connectivity index (χ0) is 17.7. The summed E-state index contributed by atoms with van der Waals surface area (Å²) in [5, 5.41) is 3.71. The van der Waals surface area contributed by atoms with Gasteiger partial charge in [-0.2, -0.15) is 5.01 Å². The molecule has 0 aromatic carbocycles. The predicted octanol–water partition coefficient (Wildman–Crippen LogP) is 2.51. The molecule has 4 amide bonds. The summed E-state index contributed by atoms with van der Waals surface area (Å²) in [7, 11) is 0. The standard InChI is InChI=1S/C18H27N3O3/c1-11(2)10-12-13(17(12,3)4)14(22)20-21-15(23)18(19-16(21)24)8-6-5-7-9-18/h10,12-13H,5-9H2,1-4H3,(H,19,24)(H,20,22)/t12-,13-/m0/s1. The van der Waals surface area contributed by atoms with Gasteiger partial charge in [0, 0.05) is 0 Å². The molecule has 3 rings (SSSR count). The average Bonchev–Trinajstić information content (AvgIpc) is 2.96. The van der Waals surface area contributed by atoms with Crippen molar-refractivity contribution in [1.82, 2.24) is 15.8 Å². The van der Waals surface area contributed by atoms with E-state index >= 15 is 0 Å². The van der Waals surface area contributed by atoms with Gasteiger partial charge in [0.2, 0.25) is 5.91 Å². The number of urea groups is 1. The zero-order valence-electron chi connectivity index (χ0n) is 14.9. The molecule has 0 aromatic heterocycles. The lowest BCUT2D eigenvalue weighted by Crippen LogP contribution is -2.51. The number of nitrogens with zero attached hydrogens (tertiary/aromatic N) is 1. The summed E-state index contributed by atoms with van der Waals surface area (Å²) < 4.78 is 0. The second-order valence-corrected chi connectivity index (χ2v) is 8.26. The molecule has 0 unspecified atom stereocenters. The quantitative estimate of drug-likeness (QED) is 0.615. The summed E-state index contributed by atoms with van der Waals surface area (Å²) in [6.07, 6.45) is 6.33. The van der Waals surface area contributed by atoms with Crippen LogP contribution in [0.15, 0.2) is 11.6 Å². The van der Waals surface area contributed by atoms with Crippen LogP contribution in [0.2, 0.25) is 0 Å². The van der Waals surface area contributed by atoms with Gasteiger partial charge >= 0.3 is 6.03 Å². The summed E-state index contributed by atoms with van der Waals surface area (Å²) in [5.74, 6) is -0.626. The van der Waals surface area contributed by atoms with Gasteiger partial charge in [-0.05, 0) is 38.0 Å². The topological polar surface area (TPSA) is 78.5 Å². The molecule has 1 spiro atoms. The second kappa shape index (κ2) is 5.60. The smallest absolute Gasteiger partial charge is 0.322 e. The van der Waals surface area contributed by atoms with E-state index in [1.165, 1.54) is 5.57 Å². The molecule has 6 nitrogen and oxygen atoms in total. The minimum absolute atomic E-state index is 0.145. The lowest BCUT2D eigenvalue weighted by molar-refractivity contribution is -0.140. The van der Waals surface area contributed by atoms with E-state index in [1.807, 2.05) is 27.7 Å². The zero-order valence-corrected chi connectivity index (χ0v) is 14.9. The number of allylic oxidation sites excluding steroid dienone is 2. The van der Waals surface area contributed by atoms with Gasteiger partial charge in [-0.25, -0.2) is 4.79 Å². The SMILES string of the molecule is CC(C)=C[C@H]1[C@@H](C(=O)NN2C(=O)NC3(CCCCC3)C2=O)C1(C)C. The normalized spacial score (nSPS) is 30.1. The molecule has 2 N–H and O–H groups in total. The molecular formula is C18H27N3O3. The number of rotatable bonds is 3. The molecule has 0 aromatic rings. The van der Waals surface area contributed by atoms with E-state index in [4.69, 9.17) is 0 Å². The van der Waals surface area contributed by atoms with Crippen molar-refractivity contribution in [3.63, 3.8) is 0 Å². The molecule has 24 heavy (non-hydrogen) atoms. The van der Waals surface area contributed by atoms with Crippen molar-refractivity contribution in [3.8, 4) is 0 Å². The molecule has 1 saturated heterocycles. The van der Waals surface area contributed by atoms with Gasteiger partial charge in [-0.1, -0.05) is 44.8 Å². The van der Waals surface area contributed by atoms with E-state index in [9.17, 15) is 14.4 Å². The first-order valence-electron chi connectivity index (χ1n) is 8.81. The Morgan fingerprint density at radius 3 is 2.42 bits per heavy atom. The maximum atomic E-state index is 12.7. The largest absolute Gasteiger partial charge is 0.344 e. The molecule has 132 valence electrons. The second-order valence-electron chi connectivity index (χ2n) is 8.26. The number of carbonyl (C=O) groups excluding carboxylic acids is 3. The number of amides is 4. The molecule has 2 saturated carbocycles. The van der Waals surface area contributed by atoms with Crippen molar-refractivity contribution >= 4 is 17.8 Å². The van der Waals surface area contributed by atoms with E-state index in [-0.39, 0.29) is 29.1 Å². The molecule has 3 aliphatic rings. The van der Waals surface area contributed by atoms with Crippen LogP contribution in [0, 0.1) is 17.3 Å². The van der Waals surface area contributed by atoms with Gasteiger partial charge in [0.15, 0.2) is 0 Å². The number of nitrogens with one attached hydrogen (secondary N) is 2.